The number of ether oxygens (including phenoxy) is 1. The predicted molar refractivity (Wildman–Crippen MR) is 111 cm³/mol. The van der Waals surface area contributed by atoms with Crippen LogP contribution in [0.25, 0.3) is 0 Å². The average molecular weight is 427 g/mol. The smallest absolute Gasteiger partial charge is 0.308 e. The molecule has 2 aromatic rings. The van der Waals surface area contributed by atoms with E-state index >= 15 is 0 Å². The highest BCUT2D eigenvalue weighted by Gasteiger charge is 2.20. The lowest BCUT2D eigenvalue weighted by Gasteiger charge is -2.13. The molecule has 1 atom stereocenters. The van der Waals surface area contributed by atoms with E-state index < -0.39 is 23.8 Å². The summed E-state index contributed by atoms with van der Waals surface area (Å²) < 4.78 is 4.93. The van der Waals surface area contributed by atoms with E-state index in [0.717, 1.165) is 11.1 Å². The summed E-state index contributed by atoms with van der Waals surface area (Å²) in [6.07, 6.45) is 0.333. The molecule has 0 bridgehead atoms. The lowest BCUT2D eigenvalue weighted by atomic mass is 9.93. The van der Waals surface area contributed by atoms with Crippen molar-refractivity contribution in [2.75, 3.05) is 0 Å². The van der Waals surface area contributed by atoms with E-state index in [1.165, 1.54) is 13.8 Å². The average Bonchev–Trinajstić information content (AvgIpc) is 2.72. The molecule has 0 aromatic heterocycles. The number of carbonyl (C=O) groups excluding carboxylic acids is 3. The zero-order valence-electron chi connectivity index (χ0n) is 17.4. The quantitative estimate of drug-likeness (QED) is 0.245. The van der Waals surface area contributed by atoms with Gasteiger partial charge in [-0.3, -0.25) is 24.0 Å². The van der Waals surface area contributed by atoms with Gasteiger partial charge in [-0.1, -0.05) is 30.3 Å². The van der Waals surface area contributed by atoms with Gasteiger partial charge in [0, 0.05) is 18.9 Å². The molecule has 1 unspecified atom stereocenters. The number of ketones is 1. The Morgan fingerprint density at radius 1 is 1.00 bits per heavy atom. The number of amides is 1. The Balaban J connectivity index is 1.78. The number of carbonyl (C=O) groups is 4. The van der Waals surface area contributed by atoms with E-state index in [4.69, 9.17) is 9.57 Å². The standard InChI is InChI=1S/C23H25NO7/c1-15(25)19-5-3-4-18(12-19)13-20(23(28)29)8-11-22(27)24-30-14-17-6-9-21(10-7-17)31-16(2)26/h3-7,9-10,12,20H,8,11,13-14H2,1-2H3,(H,24,27)(H,28,29). The molecule has 0 spiro atoms. The van der Waals surface area contributed by atoms with Gasteiger partial charge < -0.3 is 9.84 Å². The molecule has 1 amide bonds. The summed E-state index contributed by atoms with van der Waals surface area (Å²) in [6, 6.07) is 13.4. The maximum Gasteiger partial charge on any atom is 0.308 e. The lowest BCUT2D eigenvalue weighted by molar-refractivity contribution is -0.142. The summed E-state index contributed by atoms with van der Waals surface area (Å²) >= 11 is 0. The number of hydrogen-bond acceptors (Lipinski definition) is 6. The fourth-order valence-corrected chi connectivity index (χ4v) is 2.89. The van der Waals surface area contributed by atoms with Gasteiger partial charge in [-0.2, -0.15) is 0 Å². The predicted octanol–water partition coefficient (Wildman–Crippen LogP) is 3.09. The van der Waals surface area contributed by atoms with Crippen LogP contribution in [0, 0.1) is 5.92 Å². The zero-order valence-corrected chi connectivity index (χ0v) is 17.4. The number of aliphatic carboxylic acids is 1. The number of benzene rings is 2. The van der Waals surface area contributed by atoms with Crippen LogP contribution in [-0.2, 0) is 32.2 Å². The van der Waals surface area contributed by atoms with E-state index in [9.17, 15) is 24.3 Å². The van der Waals surface area contributed by atoms with Crippen LogP contribution >= 0.6 is 0 Å². The highest BCUT2D eigenvalue weighted by Crippen LogP contribution is 2.17. The Kier molecular flexibility index (Phi) is 8.90. The molecule has 0 radical (unpaired) electrons. The normalized spacial score (nSPS) is 11.4. The van der Waals surface area contributed by atoms with Crippen molar-refractivity contribution in [3.05, 3.63) is 65.2 Å². The van der Waals surface area contributed by atoms with Crippen molar-refractivity contribution >= 4 is 23.6 Å². The maximum absolute atomic E-state index is 12.0. The topological polar surface area (TPSA) is 119 Å². The first kappa shape index (κ1) is 23.8. The van der Waals surface area contributed by atoms with Crippen molar-refractivity contribution in [1.82, 2.24) is 5.48 Å². The lowest BCUT2D eigenvalue weighted by Crippen LogP contribution is -2.25. The third kappa shape index (κ3) is 8.39. The molecule has 2 aromatic carbocycles. The summed E-state index contributed by atoms with van der Waals surface area (Å²) in [4.78, 5) is 51.1. The van der Waals surface area contributed by atoms with Gasteiger partial charge in [-0.15, -0.1) is 0 Å². The molecule has 0 saturated carbocycles. The van der Waals surface area contributed by atoms with Gasteiger partial charge in [0.1, 0.15) is 5.75 Å². The van der Waals surface area contributed by atoms with Gasteiger partial charge in [-0.05, 0) is 49.1 Å². The Hall–Kier alpha value is -3.52. The number of hydroxylamine groups is 1. The van der Waals surface area contributed by atoms with Crippen molar-refractivity contribution < 1.29 is 33.9 Å². The van der Waals surface area contributed by atoms with Crippen molar-refractivity contribution in [3.8, 4) is 5.75 Å². The first-order chi connectivity index (χ1) is 14.7. The van der Waals surface area contributed by atoms with E-state index in [0.29, 0.717) is 11.3 Å². The van der Waals surface area contributed by atoms with Gasteiger partial charge >= 0.3 is 11.9 Å². The molecule has 0 saturated heterocycles. The molecule has 8 heteroatoms. The van der Waals surface area contributed by atoms with Crippen LogP contribution < -0.4 is 10.2 Å². The van der Waals surface area contributed by atoms with Gasteiger partial charge in [-0.25, -0.2) is 5.48 Å². The highest BCUT2D eigenvalue weighted by molar-refractivity contribution is 5.94. The third-order valence-corrected chi connectivity index (χ3v) is 4.49. The molecule has 0 aliphatic carbocycles. The highest BCUT2D eigenvalue weighted by atomic mass is 16.6. The summed E-state index contributed by atoms with van der Waals surface area (Å²) in [7, 11) is 0. The second-order valence-corrected chi connectivity index (χ2v) is 7.09. The first-order valence-electron chi connectivity index (χ1n) is 9.75. The minimum absolute atomic E-state index is 0.0191. The molecule has 2 N–H and O–H groups in total. The number of carboxylic acid groups (broad SMARTS) is 1. The van der Waals surface area contributed by atoms with E-state index in [1.54, 1.807) is 48.5 Å². The number of Topliss-reactive ketones (excluding diaryl/α,β-unsaturated/α-hetero) is 1. The maximum atomic E-state index is 12.0. The SMILES string of the molecule is CC(=O)Oc1ccc(CONC(=O)CCC(Cc2cccc(C(C)=O)c2)C(=O)O)cc1. The summed E-state index contributed by atoms with van der Waals surface area (Å²) in [5, 5.41) is 9.47. The molecule has 2 rings (SSSR count). The fraction of sp³-hybridized carbons (Fsp3) is 0.304. The monoisotopic (exact) mass is 427 g/mol. The summed E-state index contributed by atoms with van der Waals surface area (Å²) in [6.45, 7) is 2.86. The molecular weight excluding hydrogens is 402 g/mol. The van der Waals surface area contributed by atoms with E-state index in [1.807, 2.05) is 0 Å². The van der Waals surface area contributed by atoms with Crippen LogP contribution in [0.5, 0.6) is 5.75 Å². The van der Waals surface area contributed by atoms with Gasteiger partial charge in [0.2, 0.25) is 5.91 Å². The number of carboxylic acids is 1. The number of hydrogen-bond donors (Lipinski definition) is 2. The number of nitrogens with one attached hydrogen (secondary N) is 1. The van der Waals surface area contributed by atoms with Crippen LogP contribution in [0.15, 0.2) is 48.5 Å². The minimum Gasteiger partial charge on any atom is -0.481 e. The molecule has 8 nitrogen and oxygen atoms in total. The van der Waals surface area contributed by atoms with Crippen molar-refractivity contribution in [3.63, 3.8) is 0 Å². The molecular formula is C23H25NO7. The third-order valence-electron chi connectivity index (χ3n) is 4.49. The Morgan fingerprint density at radius 2 is 1.71 bits per heavy atom. The molecule has 0 fully saturated rings. The van der Waals surface area contributed by atoms with E-state index in [-0.39, 0.29) is 31.7 Å². The van der Waals surface area contributed by atoms with Gasteiger partial charge in [0.15, 0.2) is 5.78 Å². The van der Waals surface area contributed by atoms with Crippen molar-refractivity contribution in [1.29, 1.82) is 0 Å². The molecule has 0 aliphatic rings. The van der Waals surface area contributed by atoms with Gasteiger partial charge in [0.05, 0.1) is 12.5 Å². The minimum atomic E-state index is -1.00. The van der Waals surface area contributed by atoms with Crippen LogP contribution in [0.4, 0.5) is 0 Å². The Labute approximate surface area is 180 Å². The zero-order chi connectivity index (χ0) is 22.8. The number of rotatable bonds is 11. The van der Waals surface area contributed by atoms with Gasteiger partial charge in [0.25, 0.3) is 0 Å². The fourth-order valence-electron chi connectivity index (χ4n) is 2.89. The molecule has 31 heavy (non-hydrogen) atoms. The second kappa shape index (κ2) is 11.6. The first-order valence-corrected chi connectivity index (χ1v) is 9.75. The molecule has 0 aliphatic heterocycles. The van der Waals surface area contributed by atoms with Crippen molar-refractivity contribution in [2.24, 2.45) is 5.92 Å². The van der Waals surface area contributed by atoms with Crippen LogP contribution in [0.1, 0.15) is 48.2 Å². The second-order valence-electron chi connectivity index (χ2n) is 7.09. The summed E-state index contributed by atoms with van der Waals surface area (Å²) in [5.41, 5.74) is 4.31. The Morgan fingerprint density at radius 3 is 2.32 bits per heavy atom. The molecule has 164 valence electrons. The van der Waals surface area contributed by atoms with Crippen molar-refractivity contribution in [2.45, 2.75) is 39.7 Å². The molecule has 0 heterocycles. The van der Waals surface area contributed by atoms with Crippen LogP contribution in [-0.4, -0.2) is 28.7 Å². The summed E-state index contributed by atoms with van der Waals surface area (Å²) in [5.74, 6) is -2.29. The Bertz CT molecular complexity index is 937. The number of esters is 1. The van der Waals surface area contributed by atoms with Crippen LogP contribution in [0.3, 0.4) is 0 Å². The largest absolute Gasteiger partial charge is 0.481 e. The van der Waals surface area contributed by atoms with E-state index in [2.05, 4.69) is 5.48 Å². The van der Waals surface area contributed by atoms with Crippen LogP contribution in [0.2, 0.25) is 0 Å².